The highest BCUT2D eigenvalue weighted by Crippen LogP contribution is 2.07. The van der Waals surface area contributed by atoms with Crippen LogP contribution in [0, 0.1) is 0 Å². The van der Waals surface area contributed by atoms with Crippen molar-refractivity contribution >= 4 is 5.95 Å². The first-order valence-electron chi connectivity index (χ1n) is 7.44. The van der Waals surface area contributed by atoms with E-state index in [-0.39, 0.29) is 0 Å². The molecule has 112 valence electrons. The number of likely N-dealkylation sites (N-methyl/N-ethyl adjacent to an activating group) is 1. The Morgan fingerprint density at radius 3 is 2.33 bits per heavy atom. The van der Waals surface area contributed by atoms with Gasteiger partial charge in [-0.3, -0.25) is 0 Å². The number of hydrogen-bond acceptors (Lipinski definition) is 4. The summed E-state index contributed by atoms with van der Waals surface area (Å²) in [6.07, 6.45) is 4.80. The van der Waals surface area contributed by atoms with E-state index in [1.807, 2.05) is 25.5 Å². The summed E-state index contributed by atoms with van der Waals surface area (Å²) in [5.41, 5.74) is 2.45. The second-order valence-corrected chi connectivity index (χ2v) is 5.58. The Morgan fingerprint density at radius 2 is 1.71 bits per heavy atom. The molecule has 1 N–H and O–H groups in total. The predicted molar refractivity (Wildman–Crippen MR) is 87.4 cm³/mol. The topological polar surface area (TPSA) is 41.1 Å². The molecule has 0 fully saturated rings. The van der Waals surface area contributed by atoms with Crippen molar-refractivity contribution < 1.29 is 0 Å². The maximum absolute atomic E-state index is 4.44. The van der Waals surface area contributed by atoms with Crippen LogP contribution in [-0.4, -0.2) is 29.6 Å². The van der Waals surface area contributed by atoms with Gasteiger partial charge in [0, 0.05) is 44.1 Å². The zero-order valence-electron chi connectivity index (χ0n) is 13.1. The van der Waals surface area contributed by atoms with Gasteiger partial charge in [-0.15, -0.1) is 0 Å². The third-order valence-corrected chi connectivity index (χ3v) is 3.33. The minimum atomic E-state index is 0.471. The van der Waals surface area contributed by atoms with Crippen molar-refractivity contribution in [1.82, 2.24) is 15.3 Å². The lowest BCUT2D eigenvalue weighted by Crippen LogP contribution is -2.24. The van der Waals surface area contributed by atoms with Crippen LogP contribution >= 0.6 is 0 Å². The molecule has 1 aromatic heterocycles. The summed E-state index contributed by atoms with van der Waals surface area (Å²) in [7, 11) is 2.03. The molecule has 0 aliphatic carbocycles. The molecule has 0 atom stereocenters. The van der Waals surface area contributed by atoms with Crippen LogP contribution in [-0.2, 0) is 13.0 Å². The van der Waals surface area contributed by atoms with Crippen LogP contribution in [0.3, 0.4) is 0 Å². The van der Waals surface area contributed by atoms with Gasteiger partial charge in [0.05, 0.1) is 0 Å². The Morgan fingerprint density at radius 1 is 1.05 bits per heavy atom. The van der Waals surface area contributed by atoms with Gasteiger partial charge >= 0.3 is 0 Å². The van der Waals surface area contributed by atoms with Gasteiger partial charge in [-0.1, -0.05) is 44.2 Å². The number of benzene rings is 1. The number of nitrogens with zero attached hydrogens (tertiary/aromatic N) is 3. The van der Waals surface area contributed by atoms with E-state index in [0.29, 0.717) is 6.04 Å². The van der Waals surface area contributed by atoms with Crippen LogP contribution in [0.4, 0.5) is 5.95 Å². The Bertz CT molecular complexity index is 522. The molecule has 0 radical (unpaired) electrons. The Kier molecular flexibility index (Phi) is 5.69. The summed E-state index contributed by atoms with van der Waals surface area (Å²) in [5, 5.41) is 3.36. The highest BCUT2D eigenvalue weighted by Gasteiger charge is 2.05. The summed E-state index contributed by atoms with van der Waals surface area (Å²) < 4.78 is 0. The zero-order valence-corrected chi connectivity index (χ0v) is 13.1. The second-order valence-electron chi connectivity index (χ2n) is 5.58. The van der Waals surface area contributed by atoms with Crippen molar-refractivity contribution in [2.75, 3.05) is 18.5 Å². The predicted octanol–water partition coefficient (Wildman–Crippen LogP) is 2.65. The molecule has 2 aromatic rings. The molecule has 4 heteroatoms. The molecular formula is C17H24N4. The first-order valence-corrected chi connectivity index (χ1v) is 7.44. The monoisotopic (exact) mass is 284 g/mol. The Hall–Kier alpha value is -1.94. The second kappa shape index (κ2) is 7.74. The number of aromatic nitrogens is 2. The summed E-state index contributed by atoms with van der Waals surface area (Å²) in [4.78, 5) is 11.0. The Balaban J connectivity index is 1.86. The summed E-state index contributed by atoms with van der Waals surface area (Å²) >= 11 is 0. The van der Waals surface area contributed by atoms with Crippen LogP contribution in [0.15, 0.2) is 42.7 Å². The number of hydrogen-bond donors (Lipinski definition) is 1. The van der Waals surface area contributed by atoms with Gasteiger partial charge in [0.15, 0.2) is 0 Å². The maximum Gasteiger partial charge on any atom is 0.225 e. The standard InChI is InChI=1S/C17H24N4/c1-14(2)18-11-16-12-19-17(20-13-16)21(3)10-9-15-7-5-4-6-8-15/h4-8,12-14,18H,9-11H2,1-3H3. The van der Waals surface area contributed by atoms with Crippen molar-refractivity contribution in [3.8, 4) is 0 Å². The average Bonchev–Trinajstić information content (AvgIpc) is 2.52. The van der Waals surface area contributed by atoms with Gasteiger partial charge in [0.1, 0.15) is 0 Å². The molecule has 4 nitrogen and oxygen atoms in total. The molecule has 0 aliphatic rings. The molecule has 0 bridgehead atoms. The largest absolute Gasteiger partial charge is 0.344 e. The van der Waals surface area contributed by atoms with Gasteiger partial charge in [0.2, 0.25) is 5.95 Å². The van der Waals surface area contributed by atoms with Crippen molar-refractivity contribution in [3.63, 3.8) is 0 Å². The maximum atomic E-state index is 4.44. The van der Waals surface area contributed by atoms with E-state index in [1.54, 1.807) is 0 Å². The van der Waals surface area contributed by atoms with Crippen molar-refractivity contribution in [1.29, 1.82) is 0 Å². The van der Waals surface area contributed by atoms with Crippen molar-refractivity contribution in [3.05, 3.63) is 53.9 Å². The van der Waals surface area contributed by atoms with Gasteiger partial charge in [-0.2, -0.15) is 0 Å². The first-order chi connectivity index (χ1) is 10.1. The third kappa shape index (κ3) is 5.16. The molecule has 2 rings (SSSR count). The molecule has 0 saturated carbocycles. The van der Waals surface area contributed by atoms with Gasteiger partial charge < -0.3 is 10.2 Å². The third-order valence-electron chi connectivity index (χ3n) is 3.33. The molecular weight excluding hydrogens is 260 g/mol. The van der Waals surface area contributed by atoms with Gasteiger partial charge in [-0.05, 0) is 12.0 Å². The number of nitrogens with one attached hydrogen (secondary N) is 1. The fourth-order valence-electron chi connectivity index (χ4n) is 2.00. The fourth-order valence-corrected chi connectivity index (χ4v) is 2.00. The molecule has 0 unspecified atom stereocenters. The van der Waals surface area contributed by atoms with E-state index < -0.39 is 0 Å². The van der Waals surface area contributed by atoms with Crippen molar-refractivity contribution in [2.45, 2.75) is 32.9 Å². The minimum Gasteiger partial charge on any atom is -0.344 e. The SMILES string of the molecule is CC(C)NCc1cnc(N(C)CCc2ccccc2)nc1. The summed E-state index contributed by atoms with van der Waals surface area (Å²) in [6, 6.07) is 11.0. The fraction of sp³-hybridized carbons (Fsp3) is 0.412. The summed E-state index contributed by atoms with van der Waals surface area (Å²) in [6.45, 7) is 5.98. The van der Waals surface area contributed by atoms with Crippen LogP contribution in [0.5, 0.6) is 0 Å². The van der Waals surface area contributed by atoms with E-state index in [4.69, 9.17) is 0 Å². The number of rotatable bonds is 7. The lowest BCUT2D eigenvalue weighted by Gasteiger charge is -2.17. The van der Waals surface area contributed by atoms with Gasteiger partial charge in [-0.25, -0.2) is 9.97 Å². The van der Waals surface area contributed by atoms with Crippen LogP contribution in [0.1, 0.15) is 25.0 Å². The normalized spacial score (nSPS) is 10.9. The molecule has 0 aliphatic heterocycles. The Labute approximate surface area is 127 Å². The molecule has 21 heavy (non-hydrogen) atoms. The molecule has 1 heterocycles. The molecule has 1 aromatic carbocycles. The van der Waals surface area contributed by atoms with Crippen molar-refractivity contribution in [2.24, 2.45) is 0 Å². The van der Waals surface area contributed by atoms with Crippen LogP contribution < -0.4 is 10.2 Å². The van der Waals surface area contributed by atoms with Gasteiger partial charge in [0.25, 0.3) is 0 Å². The highest BCUT2D eigenvalue weighted by atomic mass is 15.2. The van der Waals surface area contributed by atoms with Crippen LogP contribution in [0.2, 0.25) is 0 Å². The van der Waals surface area contributed by atoms with E-state index in [1.165, 1.54) is 5.56 Å². The van der Waals surface area contributed by atoms with E-state index in [9.17, 15) is 0 Å². The van der Waals surface area contributed by atoms with E-state index in [2.05, 4.69) is 58.3 Å². The molecule has 0 saturated heterocycles. The average molecular weight is 284 g/mol. The highest BCUT2D eigenvalue weighted by molar-refractivity contribution is 5.29. The first kappa shape index (κ1) is 15.4. The molecule has 0 amide bonds. The van der Waals surface area contributed by atoms with Crippen LogP contribution in [0.25, 0.3) is 0 Å². The minimum absolute atomic E-state index is 0.471. The zero-order chi connectivity index (χ0) is 15.1. The lowest BCUT2D eigenvalue weighted by molar-refractivity contribution is 0.586. The van der Waals surface area contributed by atoms with E-state index in [0.717, 1.165) is 31.0 Å². The quantitative estimate of drug-likeness (QED) is 0.848. The lowest BCUT2D eigenvalue weighted by atomic mass is 10.1. The smallest absolute Gasteiger partial charge is 0.225 e. The molecule has 0 spiro atoms. The van der Waals surface area contributed by atoms with E-state index >= 15 is 0 Å². The summed E-state index contributed by atoms with van der Waals surface area (Å²) in [5.74, 6) is 0.777. The number of anilines is 1.